The van der Waals surface area contributed by atoms with Crippen molar-refractivity contribution in [2.45, 2.75) is 12.8 Å². The minimum absolute atomic E-state index is 0.0172. The molecule has 1 aliphatic rings. The average Bonchev–Trinajstić information content (AvgIpc) is 2.42. The van der Waals surface area contributed by atoms with E-state index in [-0.39, 0.29) is 11.8 Å². The number of halogens is 1. The van der Waals surface area contributed by atoms with Gasteiger partial charge in [0.25, 0.3) is 0 Å². The molecule has 0 aromatic heterocycles. The first-order valence-electron chi connectivity index (χ1n) is 6.41. The lowest BCUT2D eigenvalue weighted by Crippen LogP contribution is -2.39. The fourth-order valence-electron chi connectivity index (χ4n) is 2.20. The normalized spacial score (nSPS) is 17.1. The van der Waals surface area contributed by atoms with Gasteiger partial charge in [-0.2, -0.15) is 0 Å². The molecule has 2 rings (SSSR count). The number of carbonyl (C=O) groups is 2. The molecule has 0 bridgehead atoms. The Hall–Kier alpha value is -1.20. The maximum absolute atomic E-state index is 11.9. The van der Waals surface area contributed by atoms with Crippen molar-refractivity contribution in [1.82, 2.24) is 4.90 Å². The first-order valence-corrected chi connectivity index (χ1v) is 7.20. The van der Waals surface area contributed by atoms with Crippen LogP contribution in [0.4, 0.5) is 5.69 Å². The van der Waals surface area contributed by atoms with Gasteiger partial charge in [-0.05, 0) is 54.0 Å². The van der Waals surface area contributed by atoms with Gasteiger partial charge < -0.3 is 10.1 Å². The Balaban J connectivity index is 1.82. The van der Waals surface area contributed by atoms with Gasteiger partial charge in [-0.15, -0.1) is 0 Å². The van der Waals surface area contributed by atoms with Gasteiger partial charge in [0.15, 0.2) is 0 Å². The van der Waals surface area contributed by atoms with Crippen LogP contribution in [0.3, 0.4) is 0 Å². The number of anilines is 1. The average molecular weight is 325 g/mol. The third kappa shape index (κ3) is 4.14. The van der Waals surface area contributed by atoms with Crippen LogP contribution >= 0.6 is 15.9 Å². The molecule has 0 unspecified atom stereocenters. The van der Waals surface area contributed by atoms with Crippen LogP contribution in [0.1, 0.15) is 12.8 Å². The Morgan fingerprint density at radius 1 is 1.37 bits per heavy atom. The molecule has 1 heterocycles. The van der Waals surface area contributed by atoms with Crippen LogP contribution in [0.5, 0.6) is 0 Å². The molecule has 1 aromatic carbocycles. The van der Waals surface area contributed by atoms with E-state index in [1.165, 1.54) is 0 Å². The van der Waals surface area contributed by atoms with Gasteiger partial charge in [0.2, 0.25) is 5.91 Å². The van der Waals surface area contributed by atoms with Gasteiger partial charge in [0.05, 0.1) is 12.2 Å². The van der Waals surface area contributed by atoms with Crippen LogP contribution < -0.4 is 5.32 Å². The Bertz CT molecular complexity index is 457. The number of likely N-dealkylation sites (tertiary alicyclic amines) is 1. The Kier molecular flexibility index (Phi) is 5.10. The highest BCUT2D eigenvalue weighted by Crippen LogP contribution is 2.21. The third-order valence-electron chi connectivity index (χ3n) is 3.34. The number of para-hydroxylation sites is 1. The molecular weight excluding hydrogens is 308 g/mol. The molecule has 5 heteroatoms. The SMILES string of the molecule is O=CC1CCN(CC(=O)Nc2ccccc2Br)CC1. The monoisotopic (exact) mass is 324 g/mol. The molecular formula is C14H17BrN2O2. The minimum Gasteiger partial charge on any atom is -0.324 e. The van der Waals surface area contributed by atoms with E-state index < -0.39 is 0 Å². The number of nitrogens with zero attached hydrogens (tertiary/aromatic N) is 1. The molecule has 1 N–H and O–H groups in total. The van der Waals surface area contributed by atoms with Gasteiger partial charge in [-0.1, -0.05) is 12.1 Å². The van der Waals surface area contributed by atoms with Crippen molar-refractivity contribution in [3.63, 3.8) is 0 Å². The number of nitrogens with one attached hydrogen (secondary N) is 1. The summed E-state index contributed by atoms with van der Waals surface area (Å²) in [6, 6.07) is 7.55. The van der Waals surface area contributed by atoms with Crippen molar-refractivity contribution in [3.05, 3.63) is 28.7 Å². The van der Waals surface area contributed by atoms with Crippen molar-refractivity contribution in [2.75, 3.05) is 25.0 Å². The number of hydrogen-bond acceptors (Lipinski definition) is 3. The van der Waals surface area contributed by atoms with E-state index in [4.69, 9.17) is 0 Å². The molecule has 0 aliphatic carbocycles. The first kappa shape index (κ1) is 14.2. The van der Waals surface area contributed by atoms with E-state index in [0.29, 0.717) is 6.54 Å². The molecule has 4 nitrogen and oxygen atoms in total. The van der Waals surface area contributed by atoms with E-state index in [1.54, 1.807) is 0 Å². The lowest BCUT2D eigenvalue weighted by atomic mass is 9.99. The summed E-state index contributed by atoms with van der Waals surface area (Å²) in [5.74, 6) is 0.152. The molecule has 0 atom stereocenters. The van der Waals surface area contributed by atoms with Crippen LogP contribution in [0.15, 0.2) is 28.7 Å². The summed E-state index contributed by atoms with van der Waals surface area (Å²) in [7, 11) is 0. The number of benzene rings is 1. The summed E-state index contributed by atoms with van der Waals surface area (Å²) in [4.78, 5) is 24.7. The van der Waals surface area contributed by atoms with Crippen LogP contribution in [0.25, 0.3) is 0 Å². The second-order valence-corrected chi connectivity index (χ2v) is 5.63. The van der Waals surface area contributed by atoms with E-state index in [2.05, 4.69) is 26.1 Å². The molecule has 1 amide bonds. The standard InChI is InChI=1S/C14H17BrN2O2/c15-12-3-1-2-4-13(12)16-14(19)9-17-7-5-11(10-18)6-8-17/h1-4,10-11H,5-9H2,(H,16,19). The zero-order valence-electron chi connectivity index (χ0n) is 10.6. The van der Waals surface area contributed by atoms with E-state index in [1.807, 2.05) is 24.3 Å². The minimum atomic E-state index is -0.0172. The number of piperidine rings is 1. The second kappa shape index (κ2) is 6.82. The second-order valence-electron chi connectivity index (χ2n) is 4.78. The third-order valence-corrected chi connectivity index (χ3v) is 4.03. The molecule has 19 heavy (non-hydrogen) atoms. The van der Waals surface area contributed by atoms with Gasteiger partial charge in [0.1, 0.15) is 6.29 Å². The quantitative estimate of drug-likeness (QED) is 0.864. The number of aldehydes is 1. The molecule has 1 aromatic rings. The first-order chi connectivity index (χ1) is 9.19. The predicted octanol–water partition coefficient (Wildman–Crippen LogP) is 2.30. The Morgan fingerprint density at radius 3 is 2.68 bits per heavy atom. The van der Waals surface area contributed by atoms with Crippen molar-refractivity contribution >= 4 is 33.8 Å². The smallest absolute Gasteiger partial charge is 0.238 e. The van der Waals surface area contributed by atoms with Gasteiger partial charge in [-0.3, -0.25) is 9.69 Å². The summed E-state index contributed by atoms with van der Waals surface area (Å²) in [6.45, 7) is 2.01. The number of rotatable bonds is 4. The van der Waals surface area contributed by atoms with Crippen molar-refractivity contribution in [1.29, 1.82) is 0 Å². The fourth-order valence-corrected chi connectivity index (χ4v) is 2.59. The highest BCUT2D eigenvalue weighted by atomic mass is 79.9. The molecule has 1 fully saturated rings. The van der Waals surface area contributed by atoms with Crippen LogP contribution in [0, 0.1) is 5.92 Å². The highest BCUT2D eigenvalue weighted by Gasteiger charge is 2.20. The lowest BCUT2D eigenvalue weighted by molar-refractivity contribution is -0.117. The maximum Gasteiger partial charge on any atom is 0.238 e. The van der Waals surface area contributed by atoms with Crippen LogP contribution in [-0.2, 0) is 9.59 Å². The van der Waals surface area contributed by atoms with E-state index in [9.17, 15) is 9.59 Å². The summed E-state index contributed by atoms with van der Waals surface area (Å²) < 4.78 is 0.878. The summed E-state index contributed by atoms with van der Waals surface area (Å²) in [5, 5.41) is 2.89. The largest absolute Gasteiger partial charge is 0.324 e. The van der Waals surface area contributed by atoms with Crippen LogP contribution in [0.2, 0.25) is 0 Å². The number of amides is 1. The summed E-state index contributed by atoms with van der Waals surface area (Å²) in [6.07, 6.45) is 2.73. The molecule has 1 saturated heterocycles. The van der Waals surface area contributed by atoms with Gasteiger partial charge in [0, 0.05) is 10.4 Å². The predicted molar refractivity (Wildman–Crippen MR) is 78.0 cm³/mol. The zero-order valence-corrected chi connectivity index (χ0v) is 12.2. The van der Waals surface area contributed by atoms with Crippen molar-refractivity contribution in [3.8, 4) is 0 Å². The van der Waals surface area contributed by atoms with Crippen LogP contribution in [-0.4, -0.2) is 36.7 Å². The molecule has 0 spiro atoms. The maximum atomic E-state index is 11.9. The van der Waals surface area contributed by atoms with Crippen molar-refractivity contribution in [2.24, 2.45) is 5.92 Å². The van der Waals surface area contributed by atoms with E-state index in [0.717, 1.165) is 42.4 Å². The number of hydrogen-bond donors (Lipinski definition) is 1. The summed E-state index contributed by atoms with van der Waals surface area (Å²) in [5.41, 5.74) is 0.787. The zero-order chi connectivity index (χ0) is 13.7. The van der Waals surface area contributed by atoms with Crippen molar-refractivity contribution < 1.29 is 9.59 Å². The topological polar surface area (TPSA) is 49.4 Å². The Labute approximate surface area is 121 Å². The van der Waals surface area contributed by atoms with Gasteiger partial charge in [-0.25, -0.2) is 0 Å². The fraction of sp³-hybridized carbons (Fsp3) is 0.429. The molecule has 0 radical (unpaired) electrons. The molecule has 1 aliphatic heterocycles. The molecule has 102 valence electrons. The van der Waals surface area contributed by atoms with E-state index >= 15 is 0 Å². The number of carbonyl (C=O) groups excluding carboxylic acids is 2. The molecule has 0 saturated carbocycles. The summed E-state index contributed by atoms with van der Waals surface area (Å²) >= 11 is 3.40. The highest BCUT2D eigenvalue weighted by molar-refractivity contribution is 9.10. The Morgan fingerprint density at radius 2 is 2.05 bits per heavy atom. The van der Waals surface area contributed by atoms with Gasteiger partial charge >= 0.3 is 0 Å². The lowest BCUT2D eigenvalue weighted by Gasteiger charge is -2.28.